The van der Waals surface area contributed by atoms with Crippen molar-refractivity contribution in [3.63, 3.8) is 0 Å². The molecule has 1 heterocycles. The van der Waals surface area contributed by atoms with E-state index in [4.69, 9.17) is 10.5 Å². The van der Waals surface area contributed by atoms with Crippen LogP contribution >= 0.6 is 15.9 Å². The van der Waals surface area contributed by atoms with Gasteiger partial charge in [-0.25, -0.2) is 8.42 Å². The molecule has 0 spiro atoms. The number of sulfonamides is 1. The molecule has 1 aliphatic rings. The Labute approximate surface area is 128 Å². The monoisotopic (exact) mass is 362 g/mol. The van der Waals surface area contributed by atoms with Gasteiger partial charge in [-0.3, -0.25) is 0 Å². The fourth-order valence-electron chi connectivity index (χ4n) is 2.23. The standard InChI is InChI=1S/C13H19BrN2O3S/c1-2-16(9-10-4-3-7-19-10)20(17,18)11-5-6-13(15)12(14)8-11/h5-6,8,10H,2-4,7,9,15H2,1H3. The summed E-state index contributed by atoms with van der Waals surface area (Å²) in [4.78, 5) is 0.249. The molecule has 2 N–H and O–H groups in total. The molecule has 0 aliphatic carbocycles. The van der Waals surface area contributed by atoms with Crippen molar-refractivity contribution in [3.8, 4) is 0 Å². The lowest BCUT2D eigenvalue weighted by atomic mass is 10.2. The number of nitrogen functional groups attached to an aromatic ring is 1. The molecule has 1 saturated heterocycles. The van der Waals surface area contributed by atoms with E-state index >= 15 is 0 Å². The van der Waals surface area contributed by atoms with Crippen molar-refractivity contribution in [2.24, 2.45) is 0 Å². The zero-order chi connectivity index (χ0) is 14.8. The number of ether oxygens (including phenoxy) is 1. The minimum Gasteiger partial charge on any atom is -0.398 e. The van der Waals surface area contributed by atoms with E-state index in [1.165, 1.54) is 10.4 Å². The molecule has 20 heavy (non-hydrogen) atoms. The maximum Gasteiger partial charge on any atom is 0.243 e. The van der Waals surface area contributed by atoms with Crippen molar-refractivity contribution < 1.29 is 13.2 Å². The molecular formula is C13H19BrN2O3S. The van der Waals surface area contributed by atoms with Crippen LogP contribution in [0.25, 0.3) is 0 Å². The number of halogens is 1. The molecule has 0 aromatic heterocycles. The molecule has 1 aromatic carbocycles. The first kappa shape index (κ1) is 15.8. The van der Waals surface area contributed by atoms with Gasteiger partial charge in [-0.15, -0.1) is 0 Å². The Morgan fingerprint density at radius 3 is 2.80 bits per heavy atom. The molecule has 0 bridgehead atoms. The molecule has 1 fully saturated rings. The summed E-state index contributed by atoms with van der Waals surface area (Å²) in [5.41, 5.74) is 6.22. The lowest BCUT2D eigenvalue weighted by Gasteiger charge is -2.23. The molecule has 1 unspecified atom stereocenters. The number of benzene rings is 1. The summed E-state index contributed by atoms with van der Waals surface area (Å²) in [5.74, 6) is 0. The van der Waals surface area contributed by atoms with Crippen LogP contribution in [0.15, 0.2) is 27.6 Å². The first-order chi connectivity index (χ1) is 9.45. The predicted octanol–water partition coefficient (Wildman–Crippen LogP) is 2.22. The zero-order valence-electron chi connectivity index (χ0n) is 11.4. The highest BCUT2D eigenvalue weighted by molar-refractivity contribution is 9.10. The zero-order valence-corrected chi connectivity index (χ0v) is 13.8. The number of hydrogen-bond donors (Lipinski definition) is 1. The van der Waals surface area contributed by atoms with Gasteiger partial charge >= 0.3 is 0 Å². The lowest BCUT2D eigenvalue weighted by Crippen LogP contribution is -2.37. The molecular weight excluding hydrogens is 344 g/mol. The van der Waals surface area contributed by atoms with Gasteiger partial charge in [-0.1, -0.05) is 6.92 Å². The number of nitrogens with two attached hydrogens (primary N) is 1. The maximum atomic E-state index is 12.6. The first-order valence-electron chi connectivity index (χ1n) is 6.62. The van der Waals surface area contributed by atoms with Crippen LogP contribution in [0.2, 0.25) is 0 Å². The number of hydrogen-bond acceptors (Lipinski definition) is 4. The summed E-state index contributed by atoms with van der Waals surface area (Å²) in [7, 11) is -3.51. The van der Waals surface area contributed by atoms with Gasteiger partial charge in [-0.2, -0.15) is 4.31 Å². The summed E-state index contributed by atoms with van der Waals surface area (Å²) in [6.07, 6.45) is 1.91. The van der Waals surface area contributed by atoms with Crippen molar-refractivity contribution in [3.05, 3.63) is 22.7 Å². The molecule has 5 nitrogen and oxygen atoms in total. The van der Waals surface area contributed by atoms with Crippen molar-refractivity contribution in [1.82, 2.24) is 4.31 Å². The summed E-state index contributed by atoms with van der Waals surface area (Å²) in [6, 6.07) is 4.67. The normalized spacial score (nSPS) is 19.6. The molecule has 1 atom stereocenters. The summed E-state index contributed by atoms with van der Waals surface area (Å²) in [5, 5.41) is 0. The second-order valence-corrected chi connectivity index (χ2v) is 7.57. The van der Waals surface area contributed by atoms with E-state index in [9.17, 15) is 8.42 Å². The third-order valence-electron chi connectivity index (χ3n) is 3.39. The molecule has 0 amide bonds. The van der Waals surface area contributed by atoms with E-state index in [0.717, 1.165) is 19.4 Å². The minimum absolute atomic E-state index is 0.00180. The number of likely N-dealkylation sites (N-methyl/N-ethyl adjacent to an activating group) is 1. The average Bonchev–Trinajstić information content (AvgIpc) is 2.91. The van der Waals surface area contributed by atoms with Crippen LogP contribution in [0.1, 0.15) is 19.8 Å². The Morgan fingerprint density at radius 2 is 2.25 bits per heavy atom. The van der Waals surface area contributed by atoms with E-state index in [1.54, 1.807) is 12.1 Å². The second-order valence-electron chi connectivity index (χ2n) is 4.77. The summed E-state index contributed by atoms with van der Waals surface area (Å²) >= 11 is 3.27. The first-order valence-corrected chi connectivity index (χ1v) is 8.85. The topological polar surface area (TPSA) is 72.6 Å². The third-order valence-corrected chi connectivity index (χ3v) is 6.02. The summed E-state index contributed by atoms with van der Waals surface area (Å²) < 4.78 is 32.8. The minimum atomic E-state index is -3.51. The molecule has 7 heteroatoms. The van der Waals surface area contributed by atoms with Crippen molar-refractivity contribution in [2.75, 3.05) is 25.4 Å². The van der Waals surface area contributed by atoms with Gasteiger partial charge in [0.25, 0.3) is 0 Å². The number of rotatable bonds is 5. The van der Waals surface area contributed by atoms with Crippen LogP contribution in [0.3, 0.4) is 0 Å². The highest BCUT2D eigenvalue weighted by atomic mass is 79.9. The van der Waals surface area contributed by atoms with Crippen LogP contribution < -0.4 is 5.73 Å². The van der Waals surface area contributed by atoms with Crippen LogP contribution in [-0.4, -0.2) is 38.5 Å². The van der Waals surface area contributed by atoms with Crippen molar-refractivity contribution >= 4 is 31.6 Å². The van der Waals surface area contributed by atoms with E-state index in [1.807, 2.05) is 6.92 Å². The van der Waals surface area contributed by atoms with Gasteiger partial charge < -0.3 is 10.5 Å². The maximum absolute atomic E-state index is 12.6. The largest absolute Gasteiger partial charge is 0.398 e. The Kier molecular flexibility index (Phi) is 5.06. The number of anilines is 1. The Bertz CT molecular complexity index is 571. The highest BCUT2D eigenvalue weighted by Crippen LogP contribution is 2.26. The molecule has 0 saturated carbocycles. The smallest absolute Gasteiger partial charge is 0.243 e. The molecule has 112 valence electrons. The fourth-order valence-corrected chi connectivity index (χ4v) is 4.27. The van der Waals surface area contributed by atoms with Gasteiger partial charge in [-0.05, 0) is 47.0 Å². The Morgan fingerprint density at radius 1 is 1.50 bits per heavy atom. The SMILES string of the molecule is CCN(CC1CCCO1)S(=O)(=O)c1ccc(N)c(Br)c1. The number of nitrogens with zero attached hydrogens (tertiary/aromatic N) is 1. The van der Waals surface area contributed by atoms with Crippen LogP contribution in [0, 0.1) is 0 Å². The van der Waals surface area contributed by atoms with Gasteiger partial charge in [0.05, 0.1) is 11.0 Å². The van der Waals surface area contributed by atoms with Gasteiger partial charge in [0, 0.05) is 29.9 Å². The summed E-state index contributed by atoms with van der Waals surface area (Å²) in [6.45, 7) is 3.37. The highest BCUT2D eigenvalue weighted by Gasteiger charge is 2.28. The van der Waals surface area contributed by atoms with Crippen molar-refractivity contribution in [2.45, 2.75) is 30.8 Å². The quantitative estimate of drug-likeness (QED) is 0.815. The van der Waals surface area contributed by atoms with E-state index in [-0.39, 0.29) is 11.0 Å². The van der Waals surface area contributed by atoms with E-state index < -0.39 is 10.0 Å². The van der Waals surface area contributed by atoms with E-state index in [0.29, 0.717) is 23.2 Å². The average molecular weight is 363 g/mol. The Balaban J connectivity index is 2.23. The third kappa shape index (κ3) is 3.33. The molecule has 2 rings (SSSR count). The van der Waals surface area contributed by atoms with Crippen LogP contribution in [0.4, 0.5) is 5.69 Å². The van der Waals surface area contributed by atoms with Gasteiger partial charge in [0.15, 0.2) is 0 Å². The predicted molar refractivity (Wildman–Crippen MR) is 82.0 cm³/mol. The van der Waals surface area contributed by atoms with Crippen LogP contribution in [0.5, 0.6) is 0 Å². The van der Waals surface area contributed by atoms with Crippen LogP contribution in [-0.2, 0) is 14.8 Å². The fraction of sp³-hybridized carbons (Fsp3) is 0.538. The van der Waals surface area contributed by atoms with E-state index in [2.05, 4.69) is 15.9 Å². The molecule has 0 radical (unpaired) electrons. The molecule has 1 aromatic rings. The van der Waals surface area contributed by atoms with Gasteiger partial charge in [0.1, 0.15) is 0 Å². The van der Waals surface area contributed by atoms with Crippen molar-refractivity contribution in [1.29, 1.82) is 0 Å². The second kappa shape index (κ2) is 6.43. The van der Waals surface area contributed by atoms with Gasteiger partial charge in [0.2, 0.25) is 10.0 Å². The molecule has 1 aliphatic heterocycles. The lowest BCUT2D eigenvalue weighted by molar-refractivity contribution is 0.0947. The Hall–Kier alpha value is -0.630.